The number of carbonyl (C=O) groups excluding carboxylic acids is 1. The molecule has 1 aromatic carbocycles. The average molecular weight is 339 g/mol. The van der Waals surface area contributed by atoms with Gasteiger partial charge in [-0.2, -0.15) is 0 Å². The Labute approximate surface area is 136 Å². The van der Waals surface area contributed by atoms with Gasteiger partial charge in [-0.25, -0.2) is 0 Å². The number of nitrogens with one attached hydrogen (secondary N) is 1. The molecule has 0 radical (unpaired) electrons. The number of hydrogen-bond acceptors (Lipinski definition) is 5. The van der Waals surface area contributed by atoms with Gasteiger partial charge in [0.1, 0.15) is 5.58 Å². The van der Waals surface area contributed by atoms with Crippen molar-refractivity contribution in [2.75, 3.05) is 18.1 Å². The molecule has 0 bridgehead atoms. The second-order valence-electron chi connectivity index (χ2n) is 4.60. The van der Waals surface area contributed by atoms with Crippen LogP contribution in [0.4, 0.5) is 0 Å². The lowest BCUT2D eigenvalue weighted by Crippen LogP contribution is -2.25. The summed E-state index contributed by atoms with van der Waals surface area (Å²) < 4.78 is 5.59. The van der Waals surface area contributed by atoms with Gasteiger partial charge in [0.05, 0.1) is 6.42 Å². The lowest BCUT2D eigenvalue weighted by Gasteiger charge is -2.03. The molecule has 0 spiro atoms. The van der Waals surface area contributed by atoms with Gasteiger partial charge in [-0.05, 0) is 13.0 Å². The number of aliphatic carboxylic acids is 1. The number of rotatable bonds is 8. The van der Waals surface area contributed by atoms with Crippen molar-refractivity contribution < 1.29 is 19.1 Å². The molecular formula is C15H17NO4S2. The van der Waals surface area contributed by atoms with E-state index in [0.717, 1.165) is 16.7 Å². The molecule has 5 nitrogen and oxygen atoms in total. The van der Waals surface area contributed by atoms with E-state index in [1.54, 1.807) is 10.8 Å². The maximum atomic E-state index is 12.1. The minimum absolute atomic E-state index is 0.155. The highest BCUT2D eigenvalue weighted by Crippen LogP contribution is 2.25. The molecule has 1 heterocycles. The summed E-state index contributed by atoms with van der Waals surface area (Å²) in [4.78, 5) is 22.5. The first-order valence-corrected chi connectivity index (χ1v) is 9.31. The summed E-state index contributed by atoms with van der Waals surface area (Å²) in [7, 11) is 3.05. The highest BCUT2D eigenvalue weighted by atomic mass is 33.1. The summed E-state index contributed by atoms with van der Waals surface area (Å²) in [6.45, 7) is 2.39. The SMILES string of the molecule is Cc1c(C(=O)NCCSSCCC(=O)O)oc2ccccc12. The monoisotopic (exact) mass is 339 g/mol. The Hall–Kier alpha value is -1.60. The van der Waals surface area contributed by atoms with Gasteiger partial charge in [-0.1, -0.05) is 39.8 Å². The van der Waals surface area contributed by atoms with Gasteiger partial charge < -0.3 is 14.8 Å². The standard InChI is InChI=1S/C15H17NO4S2/c1-10-11-4-2-3-5-12(11)20-14(10)15(19)16-7-9-22-21-8-6-13(17)18/h2-5H,6-9H2,1H3,(H,16,19)(H,17,18). The third kappa shape index (κ3) is 4.45. The van der Waals surface area contributed by atoms with Gasteiger partial charge in [0.15, 0.2) is 5.76 Å². The molecule has 0 aliphatic rings. The number of benzene rings is 1. The van der Waals surface area contributed by atoms with E-state index in [4.69, 9.17) is 9.52 Å². The van der Waals surface area contributed by atoms with Crippen molar-refractivity contribution in [1.29, 1.82) is 0 Å². The van der Waals surface area contributed by atoms with Gasteiger partial charge in [-0.15, -0.1) is 0 Å². The number of carboxylic acid groups (broad SMARTS) is 1. The molecule has 1 aromatic heterocycles. The summed E-state index contributed by atoms with van der Waals surface area (Å²) >= 11 is 0. The Morgan fingerprint density at radius 2 is 1.95 bits per heavy atom. The van der Waals surface area contributed by atoms with E-state index in [1.807, 2.05) is 31.2 Å². The molecule has 0 aliphatic heterocycles. The average Bonchev–Trinajstić information content (AvgIpc) is 2.83. The van der Waals surface area contributed by atoms with Crippen molar-refractivity contribution in [3.05, 3.63) is 35.6 Å². The molecule has 22 heavy (non-hydrogen) atoms. The predicted octanol–water partition coefficient (Wildman–Crippen LogP) is 3.33. The number of hydrogen-bond donors (Lipinski definition) is 2. The van der Waals surface area contributed by atoms with E-state index in [2.05, 4.69) is 5.32 Å². The fourth-order valence-corrected chi connectivity index (χ4v) is 3.81. The molecule has 0 saturated carbocycles. The van der Waals surface area contributed by atoms with Crippen LogP contribution in [-0.4, -0.2) is 35.0 Å². The predicted molar refractivity (Wildman–Crippen MR) is 90.5 cm³/mol. The van der Waals surface area contributed by atoms with Crippen molar-refractivity contribution in [1.82, 2.24) is 5.32 Å². The molecular weight excluding hydrogens is 322 g/mol. The van der Waals surface area contributed by atoms with E-state index in [0.29, 0.717) is 23.6 Å². The van der Waals surface area contributed by atoms with Gasteiger partial charge >= 0.3 is 5.97 Å². The normalized spacial score (nSPS) is 10.8. The van der Waals surface area contributed by atoms with E-state index < -0.39 is 5.97 Å². The van der Waals surface area contributed by atoms with E-state index >= 15 is 0 Å². The third-order valence-electron chi connectivity index (χ3n) is 3.00. The zero-order valence-corrected chi connectivity index (χ0v) is 13.8. The molecule has 0 unspecified atom stereocenters. The van der Waals surface area contributed by atoms with Crippen LogP contribution in [0.3, 0.4) is 0 Å². The van der Waals surface area contributed by atoms with Gasteiger partial charge in [0, 0.05) is 29.0 Å². The second-order valence-corrected chi connectivity index (χ2v) is 7.30. The van der Waals surface area contributed by atoms with Crippen LogP contribution in [0.25, 0.3) is 11.0 Å². The van der Waals surface area contributed by atoms with E-state index in [9.17, 15) is 9.59 Å². The van der Waals surface area contributed by atoms with Crippen LogP contribution in [0.5, 0.6) is 0 Å². The van der Waals surface area contributed by atoms with Gasteiger partial charge in [0.25, 0.3) is 5.91 Å². The Morgan fingerprint density at radius 3 is 2.68 bits per heavy atom. The van der Waals surface area contributed by atoms with E-state index in [-0.39, 0.29) is 12.3 Å². The van der Waals surface area contributed by atoms with Crippen molar-refractivity contribution in [2.45, 2.75) is 13.3 Å². The fraction of sp³-hybridized carbons (Fsp3) is 0.333. The number of furan rings is 1. The molecule has 0 saturated heterocycles. The Bertz CT molecular complexity index is 669. The van der Waals surface area contributed by atoms with E-state index in [1.165, 1.54) is 10.8 Å². The smallest absolute Gasteiger partial charge is 0.304 e. The first-order chi connectivity index (χ1) is 10.6. The van der Waals surface area contributed by atoms with Crippen molar-refractivity contribution in [3.8, 4) is 0 Å². The summed E-state index contributed by atoms with van der Waals surface area (Å²) in [5, 5.41) is 12.3. The van der Waals surface area contributed by atoms with Crippen LogP contribution in [0.15, 0.2) is 28.7 Å². The summed E-state index contributed by atoms with van der Waals surface area (Å²) in [5.41, 5.74) is 1.56. The van der Waals surface area contributed by atoms with Gasteiger partial charge in [0.2, 0.25) is 0 Å². The molecule has 2 aromatic rings. The van der Waals surface area contributed by atoms with Crippen molar-refractivity contribution >= 4 is 44.4 Å². The van der Waals surface area contributed by atoms with Crippen LogP contribution in [0.1, 0.15) is 22.5 Å². The summed E-state index contributed by atoms with van der Waals surface area (Å²) in [6, 6.07) is 7.56. The molecule has 2 N–H and O–H groups in total. The molecule has 7 heteroatoms. The number of carbonyl (C=O) groups is 2. The number of fused-ring (bicyclic) bond motifs is 1. The lowest BCUT2D eigenvalue weighted by atomic mass is 10.1. The first-order valence-electron chi connectivity index (χ1n) is 6.82. The Balaban J connectivity index is 1.77. The van der Waals surface area contributed by atoms with Crippen LogP contribution in [-0.2, 0) is 4.79 Å². The highest BCUT2D eigenvalue weighted by molar-refractivity contribution is 8.76. The molecule has 0 atom stereocenters. The second kappa shape index (κ2) is 8.14. The number of amides is 1. The summed E-state index contributed by atoms with van der Waals surface area (Å²) in [6.07, 6.45) is 0.155. The minimum atomic E-state index is -0.790. The largest absolute Gasteiger partial charge is 0.481 e. The molecule has 0 aliphatic carbocycles. The highest BCUT2D eigenvalue weighted by Gasteiger charge is 2.16. The topological polar surface area (TPSA) is 79.5 Å². The van der Waals surface area contributed by atoms with Crippen LogP contribution in [0.2, 0.25) is 0 Å². The molecule has 2 rings (SSSR count). The van der Waals surface area contributed by atoms with Crippen LogP contribution >= 0.6 is 21.6 Å². The number of carboxylic acids is 1. The number of aryl methyl sites for hydroxylation is 1. The van der Waals surface area contributed by atoms with Crippen molar-refractivity contribution in [3.63, 3.8) is 0 Å². The Kier molecular flexibility index (Phi) is 6.21. The molecule has 1 amide bonds. The lowest BCUT2D eigenvalue weighted by molar-refractivity contribution is -0.136. The Morgan fingerprint density at radius 1 is 1.23 bits per heavy atom. The van der Waals surface area contributed by atoms with Crippen LogP contribution in [0, 0.1) is 6.92 Å². The zero-order chi connectivity index (χ0) is 15.9. The minimum Gasteiger partial charge on any atom is -0.481 e. The maximum absolute atomic E-state index is 12.1. The van der Waals surface area contributed by atoms with Crippen molar-refractivity contribution in [2.24, 2.45) is 0 Å². The summed E-state index contributed by atoms with van der Waals surface area (Å²) in [5.74, 6) is 0.627. The van der Waals surface area contributed by atoms with Crippen LogP contribution < -0.4 is 5.32 Å². The molecule has 0 fully saturated rings. The van der Waals surface area contributed by atoms with Gasteiger partial charge in [-0.3, -0.25) is 9.59 Å². The number of para-hydroxylation sites is 1. The zero-order valence-electron chi connectivity index (χ0n) is 12.1. The third-order valence-corrected chi connectivity index (χ3v) is 5.41. The molecule has 118 valence electrons. The fourth-order valence-electron chi connectivity index (χ4n) is 1.92. The maximum Gasteiger partial charge on any atom is 0.304 e. The first kappa shape index (κ1) is 16.8. The quantitative estimate of drug-likeness (QED) is 0.567.